The molecule has 1 aliphatic rings. The highest BCUT2D eigenvalue weighted by molar-refractivity contribution is 5.90. The molecule has 1 amide bonds. The van der Waals surface area contributed by atoms with E-state index in [9.17, 15) is 4.79 Å². The molecular weight excluding hydrogens is 366 g/mol. The number of carbonyl (C=O) groups is 1. The molecule has 158 valence electrons. The molecule has 0 spiro atoms. The number of amides is 1. The van der Waals surface area contributed by atoms with Gasteiger partial charge >= 0.3 is 0 Å². The van der Waals surface area contributed by atoms with E-state index in [0.29, 0.717) is 12.1 Å². The molecule has 1 saturated heterocycles. The van der Waals surface area contributed by atoms with Crippen molar-refractivity contribution < 1.29 is 4.79 Å². The Bertz CT molecular complexity index is 887. The highest BCUT2D eigenvalue weighted by Crippen LogP contribution is 2.24. The molecule has 8 heteroatoms. The lowest BCUT2D eigenvalue weighted by molar-refractivity contribution is 0.0815. The third-order valence-corrected chi connectivity index (χ3v) is 5.67. The Balaban J connectivity index is 1.69. The van der Waals surface area contributed by atoms with E-state index in [4.69, 9.17) is 0 Å². The molecule has 2 aromatic rings. The van der Waals surface area contributed by atoms with Crippen LogP contribution in [-0.2, 0) is 6.54 Å². The second-order valence-electron chi connectivity index (χ2n) is 8.39. The second-order valence-corrected chi connectivity index (χ2v) is 8.39. The second kappa shape index (κ2) is 8.49. The first kappa shape index (κ1) is 21.2. The van der Waals surface area contributed by atoms with Crippen LogP contribution < -0.4 is 10.2 Å². The number of nitrogens with one attached hydrogen (secondary N) is 1. The number of aryl methyl sites for hydroxylation is 1. The average Bonchev–Trinajstić information content (AvgIpc) is 3.28. The summed E-state index contributed by atoms with van der Waals surface area (Å²) in [4.78, 5) is 25.1. The molecule has 1 atom stereocenters. The third kappa shape index (κ3) is 4.42. The molecule has 0 unspecified atom stereocenters. The van der Waals surface area contributed by atoms with E-state index in [0.717, 1.165) is 43.1 Å². The number of carbonyl (C=O) groups excluding carboxylic acids is 1. The third-order valence-electron chi connectivity index (χ3n) is 5.67. The zero-order chi connectivity index (χ0) is 21.3. The van der Waals surface area contributed by atoms with E-state index in [1.54, 1.807) is 14.1 Å². The summed E-state index contributed by atoms with van der Waals surface area (Å²) in [6, 6.07) is 0.744. The molecule has 0 radical (unpaired) electrons. The van der Waals surface area contributed by atoms with Crippen molar-refractivity contribution in [3.63, 3.8) is 0 Å². The number of anilines is 1. The minimum atomic E-state index is -0.166. The van der Waals surface area contributed by atoms with Crippen molar-refractivity contribution in [1.29, 1.82) is 0 Å². The van der Waals surface area contributed by atoms with E-state index in [1.807, 2.05) is 20.0 Å². The number of hydrogen-bond acceptors (Lipinski definition) is 6. The zero-order valence-electron chi connectivity index (χ0n) is 18.7. The Kier molecular flexibility index (Phi) is 6.21. The molecule has 0 saturated carbocycles. The van der Waals surface area contributed by atoms with Crippen LogP contribution in [0.4, 0.5) is 5.82 Å². The lowest BCUT2D eigenvalue weighted by Crippen LogP contribution is -2.33. The minimum absolute atomic E-state index is 0.166. The molecular formula is C21H33N7O. The van der Waals surface area contributed by atoms with Gasteiger partial charge in [-0.15, -0.1) is 0 Å². The molecule has 1 N–H and O–H groups in total. The van der Waals surface area contributed by atoms with Gasteiger partial charge in [-0.2, -0.15) is 5.10 Å². The van der Waals surface area contributed by atoms with Gasteiger partial charge in [0.05, 0.1) is 6.20 Å². The van der Waals surface area contributed by atoms with Crippen LogP contribution in [-0.4, -0.2) is 63.8 Å². The van der Waals surface area contributed by atoms with Gasteiger partial charge in [-0.3, -0.25) is 9.48 Å². The van der Waals surface area contributed by atoms with Gasteiger partial charge in [0.25, 0.3) is 5.91 Å². The molecule has 0 bridgehead atoms. The summed E-state index contributed by atoms with van der Waals surface area (Å²) >= 11 is 0. The van der Waals surface area contributed by atoms with Gasteiger partial charge in [-0.05, 0) is 41.0 Å². The predicted octanol–water partition coefficient (Wildman–Crippen LogP) is 2.25. The first-order chi connectivity index (χ1) is 13.7. The van der Waals surface area contributed by atoms with Crippen LogP contribution in [0.5, 0.6) is 0 Å². The fraction of sp³-hybridized carbons (Fsp3) is 0.619. The van der Waals surface area contributed by atoms with Crippen molar-refractivity contribution in [2.75, 3.05) is 32.1 Å². The normalized spacial score (nSPS) is 16.7. The van der Waals surface area contributed by atoms with E-state index in [1.165, 1.54) is 16.2 Å². The van der Waals surface area contributed by atoms with Gasteiger partial charge < -0.3 is 15.1 Å². The van der Waals surface area contributed by atoms with Crippen molar-refractivity contribution >= 4 is 11.7 Å². The topological polar surface area (TPSA) is 79.2 Å². The molecule has 3 rings (SSSR count). The minimum Gasteiger partial charge on any atom is -0.355 e. The van der Waals surface area contributed by atoms with Gasteiger partial charge in [-0.1, -0.05) is 0 Å². The Morgan fingerprint density at radius 2 is 2.00 bits per heavy atom. The summed E-state index contributed by atoms with van der Waals surface area (Å²) in [6.07, 6.45) is 3.00. The van der Waals surface area contributed by atoms with Gasteiger partial charge in [0, 0.05) is 68.3 Å². The van der Waals surface area contributed by atoms with Crippen LogP contribution in [0.2, 0.25) is 0 Å². The van der Waals surface area contributed by atoms with Crippen LogP contribution in [0, 0.1) is 20.8 Å². The SMILES string of the molecule is Cc1nc(C(=O)N(C)C)nc(N2CC[C@@H](NCc3cnn(C(C)C)c3C)C2)c1C. The molecule has 3 heterocycles. The molecule has 1 aliphatic heterocycles. The van der Waals surface area contributed by atoms with E-state index in [2.05, 4.69) is 50.7 Å². The van der Waals surface area contributed by atoms with Crippen LogP contribution in [0.15, 0.2) is 6.20 Å². The van der Waals surface area contributed by atoms with E-state index < -0.39 is 0 Å². The quantitative estimate of drug-likeness (QED) is 0.803. The number of nitrogens with zero attached hydrogens (tertiary/aromatic N) is 6. The number of aromatic nitrogens is 4. The predicted molar refractivity (Wildman–Crippen MR) is 114 cm³/mol. The van der Waals surface area contributed by atoms with Crippen molar-refractivity contribution in [2.45, 2.75) is 59.7 Å². The maximum Gasteiger partial charge on any atom is 0.291 e. The number of hydrogen-bond donors (Lipinski definition) is 1. The van der Waals surface area contributed by atoms with E-state index >= 15 is 0 Å². The highest BCUT2D eigenvalue weighted by Gasteiger charge is 2.27. The Hall–Kier alpha value is -2.48. The van der Waals surface area contributed by atoms with Gasteiger partial charge in [0.1, 0.15) is 5.82 Å². The summed E-state index contributed by atoms with van der Waals surface area (Å²) in [5.74, 6) is 0.970. The molecule has 8 nitrogen and oxygen atoms in total. The van der Waals surface area contributed by atoms with Gasteiger partial charge in [0.15, 0.2) is 0 Å². The summed E-state index contributed by atoms with van der Waals surface area (Å²) in [7, 11) is 3.44. The Morgan fingerprint density at radius 1 is 1.28 bits per heavy atom. The lowest BCUT2D eigenvalue weighted by Gasteiger charge is -2.22. The van der Waals surface area contributed by atoms with Crippen LogP contribution in [0.1, 0.15) is 59.4 Å². The largest absolute Gasteiger partial charge is 0.355 e. The highest BCUT2D eigenvalue weighted by atomic mass is 16.2. The zero-order valence-corrected chi connectivity index (χ0v) is 18.7. The first-order valence-corrected chi connectivity index (χ1v) is 10.3. The van der Waals surface area contributed by atoms with Crippen LogP contribution in [0.25, 0.3) is 0 Å². The van der Waals surface area contributed by atoms with Gasteiger partial charge in [0.2, 0.25) is 5.82 Å². The smallest absolute Gasteiger partial charge is 0.291 e. The Labute approximate surface area is 173 Å². The fourth-order valence-electron chi connectivity index (χ4n) is 3.74. The molecule has 1 fully saturated rings. The molecule has 0 aliphatic carbocycles. The molecule has 29 heavy (non-hydrogen) atoms. The maximum absolute atomic E-state index is 12.3. The summed E-state index contributed by atoms with van der Waals surface area (Å²) in [6.45, 7) is 13.0. The summed E-state index contributed by atoms with van der Waals surface area (Å²) in [5.41, 5.74) is 4.35. The fourth-order valence-corrected chi connectivity index (χ4v) is 3.74. The van der Waals surface area contributed by atoms with Crippen molar-refractivity contribution in [1.82, 2.24) is 30.0 Å². The standard InChI is InChI=1S/C21H33N7O/c1-13(2)28-16(5)17(11-23-28)10-22-18-8-9-27(12-18)20-14(3)15(4)24-19(25-20)21(29)26(6)7/h11,13,18,22H,8-10,12H2,1-7H3/t18-/m1/s1. The lowest BCUT2D eigenvalue weighted by atomic mass is 10.2. The van der Waals surface area contributed by atoms with Gasteiger partial charge in [-0.25, -0.2) is 9.97 Å². The van der Waals surface area contributed by atoms with Crippen molar-refractivity contribution in [3.8, 4) is 0 Å². The monoisotopic (exact) mass is 399 g/mol. The first-order valence-electron chi connectivity index (χ1n) is 10.3. The summed E-state index contributed by atoms with van der Waals surface area (Å²) in [5, 5.41) is 8.16. The van der Waals surface area contributed by atoms with Crippen molar-refractivity contribution in [2.24, 2.45) is 0 Å². The Morgan fingerprint density at radius 3 is 2.62 bits per heavy atom. The molecule has 0 aromatic carbocycles. The molecule has 2 aromatic heterocycles. The van der Waals surface area contributed by atoms with Crippen LogP contribution >= 0.6 is 0 Å². The summed E-state index contributed by atoms with van der Waals surface area (Å²) < 4.78 is 2.06. The number of rotatable bonds is 6. The maximum atomic E-state index is 12.3. The van der Waals surface area contributed by atoms with E-state index in [-0.39, 0.29) is 11.7 Å². The van der Waals surface area contributed by atoms with Crippen LogP contribution in [0.3, 0.4) is 0 Å². The van der Waals surface area contributed by atoms with Crippen molar-refractivity contribution in [3.05, 3.63) is 34.5 Å². The average molecular weight is 400 g/mol.